The van der Waals surface area contributed by atoms with Gasteiger partial charge in [-0.05, 0) is 11.5 Å². The van der Waals surface area contributed by atoms with Gasteiger partial charge < -0.3 is 15.7 Å². The molecular formula is C16H21BrN2O4. The Hall–Kier alpha value is -1.89. The Morgan fingerprint density at radius 1 is 1.17 bits per heavy atom. The van der Waals surface area contributed by atoms with Gasteiger partial charge in [0.05, 0.1) is 11.4 Å². The largest absolute Gasteiger partial charge is 0.480 e. The van der Waals surface area contributed by atoms with Gasteiger partial charge in [-0.1, -0.05) is 60.1 Å². The third kappa shape index (κ3) is 6.81. The maximum Gasteiger partial charge on any atom is 0.326 e. The molecule has 0 fully saturated rings. The molecule has 0 aliphatic rings. The smallest absolute Gasteiger partial charge is 0.326 e. The quantitative estimate of drug-likeness (QED) is 0.589. The molecule has 23 heavy (non-hydrogen) atoms. The first-order valence-electron chi connectivity index (χ1n) is 7.29. The fourth-order valence-electron chi connectivity index (χ4n) is 1.86. The van der Waals surface area contributed by atoms with E-state index in [1.54, 1.807) is 24.3 Å². The van der Waals surface area contributed by atoms with Gasteiger partial charge in [0.1, 0.15) is 6.04 Å². The second kappa shape index (κ2) is 9.29. The molecule has 7 heteroatoms. The molecule has 6 nitrogen and oxygen atoms in total. The number of halogens is 1. The number of aliphatic carboxylic acids is 1. The lowest BCUT2D eigenvalue weighted by atomic mass is 10.1. The first kappa shape index (κ1) is 19.2. The van der Waals surface area contributed by atoms with Crippen LogP contribution in [0, 0.1) is 5.92 Å². The minimum Gasteiger partial charge on any atom is -0.480 e. The van der Waals surface area contributed by atoms with Crippen molar-refractivity contribution in [2.75, 3.05) is 6.54 Å². The van der Waals surface area contributed by atoms with Gasteiger partial charge in [0, 0.05) is 6.42 Å². The second-order valence-electron chi connectivity index (χ2n) is 5.51. The summed E-state index contributed by atoms with van der Waals surface area (Å²) >= 11 is 3.24. The SMILES string of the molecule is CC(C)C(Br)C(=O)NCC(=O)N[C@@H](Cc1ccccc1)C(=O)O. The zero-order chi connectivity index (χ0) is 17.4. The summed E-state index contributed by atoms with van der Waals surface area (Å²) in [4.78, 5) is 34.5. The van der Waals surface area contributed by atoms with Crippen LogP contribution in [0.4, 0.5) is 0 Å². The van der Waals surface area contributed by atoms with E-state index < -0.39 is 22.7 Å². The van der Waals surface area contributed by atoms with E-state index in [9.17, 15) is 19.5 Å². The Morgan fingerprint density at radius 2 is 1.78 bits per heavy atom. The van der Waals surface area contributed by atoms with Crippen LogP contribution < -0.4 is 10.6 Å². The highest BCUT2D eigenvalue weighted by molar-refractivity contribution is 9.10. The molecule has 1 aromatic carbocycles. The summed E-state index contributed by atoms with van der Waals surface area (Å²) in [6, 6.07) is 7.99. The molecular weight excluding hydrogens is 364 g/mol. The van der Waals surface area contributed by atoms with Crippen molar-refractivity contribution in [1.82, 2.24) is 10.6 Å². The zero-order valence-electron chi connectivity index (χ0n) is 13.1. The van der Waals surface area contributed by atoms with Gasteiger partial charge in [-0.2, -0.15) is 0 Å². The molecule has 0 saturated carbocycles. The standard InChI is InChI=1S/C16H21BrN2O4/c1-10(2)14(17)15(21)18-9-13(20)19-12(16(22)23)8-11-6-4-3-5-7-11/h3-7,10,12,14H,8-9H2,1-2H3,(H,18,21)(H,19,20)(H,22,23)/t12-,14?/m0/s1. The highest BCUT2D eigenvalue weighted by Gasteiger charge is 2.22. The first-order valence-corrected chi connectivity index (χ1v) is 8.20. The van der Waals surface area contributed by atoms with Gasteiger partial charge in [0.15, 0.2) is 0 Å². The maximum absolute atomic E-state index is 11.8. The minimum atomic E-state index is -1.12. The van der Waals surface area contributed by atoms with Crippen LogP contribution in [0.3, 0.4) is 0 Å². The van der Waals surface area contributed by atoms with Crippen LogP contribution in [0.15, 0.2) is 30.3 Å². The van der Waals surface area contributed by atoms with Gasteiger partial charge in [0.2, 0.25) is 11.8 Å². The summed E-state index contributed by atoms with van der Waals surface area (Å²) in [5.41, 5.74) is 0.810. The lowest BCUT2D eigenvalue weighted by Gasteiger charge is -2.16. The molecule has 2 amide bonds. The van der Waals surface area contributed by atoms with Crippen LogP contribution in [0.25, 0.3) is 0 Å². The van der Waals surface area contributed by atoms with Crippen LogP contribution in [-0.4, -0.2) is 40.3 Å². The molecule has 2 atom stereocenters. The van der Waals surface area contributed by atoms with E-state index in [-0.39, 0.29) is 24.8 Å². The number of carbonyl (C=O) groups excluding carboxylic acids is 2. The van der Waals surface area contributed by atoms with Gasteiger partial charge in [-0.15, -0.1) is 0 Å². The summed E-state index contributed by atoms with van der Waals surface area (Å²) in [6.07, 6.45) is 0.183. The lowest BCUT2D eigenvalue weighted by molar-refractivity contribution is -0.141. The normalized spacial score (nSPS) is 13.2. The zero-order valence-corrected chi connectivity index (χ0v) is 14.7. The minimum absolute atomic E-state index is 0.0860. The predicted octanol–water partition coefficient (Wildman–Crippen LogP) is 1.33. The van der Waals surface area contributed by atoms with Crippen LogP contribution in [0.1, 0.15) is 19.4 Å². The van der Waals surface area contributed by atoms with E-state index in [4.69, 9.17) is 0 Å². The van der Waals surface area contributed by atoms with E-state index in [1.807, 2.05) is 19.9 Å². The first-order chi connectivity index (χ1) is 10.8. The van der Waals surface area contributed by atoms with Crippen LogP contribution in [0.5, 0.6) is 0 Å². The maximum atomic E-state index is 11.8. The van der Waals surface area contributed by atoms with Crippen LogP contribution in [0.2, 0.25) is 0 Å². The second-order valence-corrected chi connectivity index (χ2v) is 6.50. The number of alkyl halides is 1. The molecule has 0 bridgehead atoms. The molecule has 3 N–H and O–H groups in total. The Morgan fingerprint density at radius 3 is 2.30 bits per heavy atom. The number of carbonyl (C=O) groups is 3. The fourth-order valence-corrected chi connectivity index (χ4v) is 2.02. The van der Waals surface area contributed by atoms with E-state index in [2.05, 4.69) is 26.6 Å². The Labute approximate surface area is 143 Å². The molecule has 0 heterocycles. The number of hydrogen-bond acceptors (Lipinski definition) is 3. The molecule has 0 spiro atoms. The molecule has 0 radical (unpaired) electrons. The van der Waals surface area contributed by atoms with Gasteiger partial charge in [-0.25, -0.2) is 4.79 Å². The number of hydrogen-bond donors (Lipinski definition) is 3. The van der Waals surface area contributed by atoms with Crippen molar-refractivity contribution < 1.29 is 19.5 Å². The van der Waals surface area contributed by atoms with Gasteiger partial charge >= 0.3 is 5.97 Å². The van der Waals surface area contributed by atoms with Gasteiger partial charge in [-0.3, -0.25) is 9.59 Å². The number of carboxylic acid groups (broad SMARTS) is 1. The van der Waals surface area contributed by atoms with Crippen molar-refractivity contribution in [2.24, 2.45) is 5.92 Å². The molecule has 1 unspecified atom stereocenters. The summed E-state index contributed by atoms with van der Waals surface area (Å²) in [7, 11) is 0. The molecule has 1 aromatic rings. The van der Waals surface area contributed by atoms with Crippen molar-refractivity contribution in [3.8, 4) is 0 Å². The Kier molecular flexibility index (Phi) is 7.74. The van der Waals surface area contributed by atoms with Crippen LogP contribution in [-0.2, 0) is 20.8 Å². The summed E-state index contributed by atoms with van der Waals surface area (Å²) < 4.78 is 0. The highest BCUT2D eigenvalue weighted by atomic mass is 79.9. The molecule has 126 valence electrons. The molecule has 0 saturated heterocycles. The number of rotatable bonds is 8. The fraction of sp³-hybridized carbons (Fsp3) is 0.438. The topological polar surface area (TPSA) is 95.5 Å². The number of nitrogens with one attached hydrogen (secondary N) is 2. The van der Waals surface area contributed by atoms with E-state index in [1.165, 1.54) is 0 Å². The van der Waals surface area contributed by atoms with Crippen molar-refractivity contribution >= 4 is 33.7 Å². The van der Waals surface area contributed by atoms with Gasteiger partial charge in [0.25, 0.3) is 0 Å². The Bertz CT molecular complexity index is 548. The Balaban J connectivity index is 2.52. The van der Waals surface area contributed by atoms with E-state index >= 15 is 0 Å². The van der Waals surface area contributed by atoms with Crippen LogP contribution >= 0.6 is 15.9 Å². The molecule has 1 rings (SSSR count). The molecule has 0 aliphatic carbocycles. The van der Waals surface area contributed by atoms with E-state index in [0.717, 1.165) is 5.56 Å². The van der Waals surface area contributed by atoms with Crippen molar-refractivity contribution in [3.05, 3.63) is 35.9 Å². The van der Waals surface area contributed by atoms with Crippen molar-refractivity contribution in [2.45, 2.75) is 31.1 Å². The average Bonchev–Trinajstić information content (AvgIpc) is 2.52. The summed E-state index contributed by atoms with van der Waals surface area (Å²) in [5, 5.41) is 14.1. The molecule has 0 aromatic heterocycles. The van der Waals surface area contributed by atoms with E-state index in [0.29, 0.717) is 0 Å². The predicted molar refractivity (Wildman–Crippen MR) is 90.3 cm³/mol. The number of benzene rings is 1. The monoisotopic (exact) mass is 384 g/mol. The van der Waals surface area contributed by atoms with Crippen molar-refractivity contribution in [3.63, 3.8) is 0 Å². The number of amides is 2. The third-order valence-corrected chi connectivity index (χ3v) is 4.65. The average molecular weight is 385 g/mol. The number of carboxylic acids is 1. The summed E-state index contributed by atoms with van der Waals surface area (Å²) in [6.45, 7) is 3.49. The third-order valence-electron chi connectivity index (χ3n) is 3.17. The lowest BCUT2D eigenvalue weighted by Crippen LogP contribution is -2.47. The molecule has 0 aliphatic heterocycles. The summed E-state index contributed by atoms with van der Waals surface area (Å²) in [5.74, 6) is -1.87. The van der Waals surface area contributed by atoms with Crippen molar-refractivity contribution in [1.29, 1.82) is 0 Å². The highest BCUT2D eigenvalue weighted by Crippen LogP contribution is 2.11.